The normalized spacial score (nSPS) is 11.3. The second-order valence-corrected chi connectivity index (χ2v) is 7.30. The Hall–Kier alpha value is -3.52. The summed E-state index contributed by atoms with van der Waals surface area (Å²) in [5.74, 6) is -0.232. The smallest absolute Gasteiger partial charge is 0.275 e. The third-order valence-corrected chi connectivity index (χ3v) is 5.21. The fourth-order valence-corrected chi connectivity index (χ4v) is 3.69. The van der Waals surface area contributed by atoms with Gasteiger partial charge in [-0.15, -0.1) is 11.3 Å². The van der Waals surface area contributed by atoms with Crippen molar-refractivity contribution >= 4 is 44.7 Å². The standard InChI is InChI=1S/C19H14N6OS/c1-10-22-18(9-27-10)19(26)23-16-5-12(6-17-14(16)8-21-25-17)11-2-3-15-13(4-11)7-20-24-15/h2-9H,1H3,(H,20,24)(H,21,25)(H,23,26). The summed E-state index contributed by atoms with van der Waals surface area (Å²) in [7, 11) is 0. The van der Waals surface area contributed by atoms with Gasteiger partial charge >= 0.3 is 0 Å². The summed E-state index contributed by atoms with van der Waals surface area (Å²) >= 11 is 1.45. The minimum atomic E-state index is -0.232. The van der Waals surface area contributed by atoms with E-state index in [4.69, 9.17) is 0 Å². The van der Waals surface area contributed by atoms with Crippen LogP contribution in [0.3, 0.4) is 0 Å². The number of carbonyl (C=O) groups is 1. The van der Waals surface area contributed by atoms with E-state index in [9.17, 15) is 4.79 Å². The molecule has 0 atom stereocenters. The van der Waals surface area contributed by atoms with Gasteiger partial charge in [-0.2, -0.15) is 10.2 Å². The number of aromatic amines is 2. The second kappa shape index (κ2) is 6.03. The molecule has 132 valence electrons. The first-order valence-electron chi connectivity index (χ1n) is 8.31. The first kappa shape index (κ1) is 15.7. The first-order valence-corrected chi connectivity index (χ1v) is 9.19. The van der Waals surface area contributed by atoms with Crippen LogP contribution in [0, 0.1) is 6.92 Å². The van der Waals surface area contributed by atoms with Crippen LogP contribution in [0.15, 0.2) is 48.1 Å². The number of amides is 1. The Bertz CT molecular complexity index is 1300. The number of thiazole rings is 1. The van der Waals surface area contributed by atoms with E-state index in [1.165, 1.54) is 11.3 Å². The average Bonchev–Trinajstić information content (AvgIpc) is 3.40. The van der Waals surface area contributed by atoms with Crippen LogP contribution < -0.4 is 5.32 Å². The number of anilines is 1. The topological polar surface area (TPSA) is 99.4 Å². The fourth-order valence-electron chi connectivity index (χ4n) is 3.10. The summed E-state index contributed by atoms with van der Waals surface area (Å²) in [4.78, 5) is 16.8. The maximum absolute atomic E-state index is 12.6. The quantitative estimate of drug-likeness (QED) is 0.442. The summed E-state index contributed by atoms with van der Waals surface area (Å²) in [5, 5.41) is 21.6. The molecule has 0 aliphatic carbocycles. The Labute approximate surface area is 157 Å². The van der Waals surface area contributed by atoms with Crippen molar-refractivity contribution in [1.29, 1.82) is 0 Å². The first-order chi connectivity index (χ1) is 13.2. The molecular formula is C19H14N6OS. The molecule has 3 N–H and O–H groups in total. The van der Waals surface area contributed by atoms with E-state index < -0.39 is 0 Å². The lowest BCUT2D eigenvalue weighted by atomic mass is 10.0. The number of rotatable bonds is 3. The van der Waals surface area contributed by atoms with Crippen molar-refractivity contribution in [2.45, 2.75) is 6.92 Å². The largest absolute Gasteiger partial charge is 0.320 e. The van der Waals surface area contributed by atoms with E-state index in [-0.39, 0.29) is 5.91 Å². The van der Waals surface area contributed by atoms with Gasteiger partial charge in [0.05, 0.1) is 34.1 Å². The van der Waals surface area contributed by atoms with Crippen molar-refractivity contribution in [3.8, 4) is 11.1 Å². The molecule has 0 saturated carbocycles. The van der Waals surface area contributed by atoms with Crippen molar-refractivity contribution in [2.75, 3.05) is 5.32 Å². The van der Waals surface area contributed by atoms with Crippen molar-refractivity contribution in [1.82, 2.24) is 25.4 Å². The maximum Gasteiger partial charge on any atom is 0.275 e. The molecule has 0 radical (unpaired) electrons. The number of H-pyrrole nitrogens is 2. The predicted molar refractivity (Wildman–Crippen MR) is 106 cm³/mol. The Morgan fingerprint density at radius 2 is 1.89 bits per heavy atom. The van der Waals surface area contributed by atoms with Crippen molar-refractivity contribution in [3.05, 3.63) is 58.8 Å². The summed E-state index contributed by atoms with van der Waals surface area (Å²) < 4.78 is 0. The zero-order valence-corrected chi connectivity index (χ0v) is 15.1. The number of nitrogens with zero attached hydrogens (tertiary/aromatic N) is 3. The predicted octanol–water partition coefficient (Wildman–Crippen LogP) is 4.12. The Morgan fingerprint density at radius 3 is 2.74 bits per heavy atom. The molecule has 27 heavy (non-hydrogen) atoms. The molecule has 2 aromatic carbocycles. The molecule has 5 aromatic rings. The highest BCUT2D eigenvalue weighted by Crippen LogP contribution is 2.31. The SMILES string of the molecule is Cc1nc(C(=O)Nc2cc(-c3ccc4[nH]ncc4c3)cc3[nH]ncc23)cs1. The van der Waals surface area contributed by atoms with E-state index >= 15 is 0 Å². The summed E-state index contributed by atoms with van der Waals surface area (Å²) in [6, 6.07) is 10.0. The average molecular weight is 374 g/mol. The van der Waals surface area contributed by atoms with Gasteiger partial charge in [-0.3, -0.25) is 15.0 Å². The van der Waals surface area contributed by atoms with E-state index in [0.29, 0.717) is 11.4 Å². The monoisotopic (exact) mass is 374 g/mol. The second-order valence-electron chi connectivity index (χ2n) is 6.23. The summed E-state index contributed by atoms with van der Waals surface area (Å²) in [6.45, 7) is 1.88. The van der Waals surface area contributed by atoms with Crippen LogP contribution in [-0.4, -0.2) is 31.3 Å². The summed E-state index contributed by atoms with van der Waals surface area (Å²) in [6.07, 6.45) is 3.50. The van der Waals surface area contributed by atoms with Gasteiger partial charge in [0.1, 0.15) is 5.69 Å². The van der Waals surface area contributed by atoms with Crippen LogP contribution in [0.1, 0.15) is 15.5 Å². The Kier molecular flexibility index (Phi) is 3.51. The van der Waals surface area contributed by atoms with Gasteiger partial charge < -0.3 is 5.32 Å². The molecule has 0 fully saturated rings. The molecular weight excluding hydrogens is 360 g/mol. The molecule has 0 aliphatic rings. The van der Waals surface area contributed by atoms with E-state index in [2.05, 4.69) is 36.8 Å². The van der Waals surface area contributed by atoms with Gasteiger partial charge in [0.15, 0.2) is 0 Å². The molecule has 3 aromatic heterocycles. The zero-order valence-electron chi connectivity index (χ0n) is 14.3. The molecule has 7 nitrogen and oxygen atoms in total. The van der Waals surface area contributed by atoms with Crippen LogP contribution in [0.5, 0.6) is 0 Å². The van der Waals surface area contributed by atoms with Gasteiger partial charge in [0, 0.05) is 16.2 Å². The van der Waals surface area contributed by atoms with Crippen molar-refractivity contribution in [2.24, 2.45) is 0 Å². The molecule has 0 unspecified atom stereocenters. The minimum absolute atomic E-state index is 0.232. The molecule has 0 spiro atoms. The van der Waals surface area contributed by atoms with Gasteiger partial charge in [-0.1, -0.05) is 6.07 Å². The van der Waals surface area contributed by atoms with Crippen LogP contribution in [0.4, 0.5) is 5.69 Å². The Balaban J connectivity index is 1.59. The fraction of sp³-hybridized carbons (Fsp3) is 0.0526. The van der Waals surface area contributed by atoms with E-state index in [0.717, 1.165) is 37.9 Å². The molecule has 1 amide bonds. The number of aromatic nitrogens is 5. The molecule has 8 heteroatoms. The molecule has 0 saturated heterocycles. The Morgan fingerprint density at radius 1 is 1.04 bits per heavy atom. The van der Waals surface area contributed by atoms with Gasteiger partial charge in [-0.05, 0) is 42.3 Å². The number of fused-ring (bicyclic) bond motifs is 2. The third-order valence-electron chi connectivity index (χ3n) is 4.43. The highest BCUT2D eigenvalue weighted by Gasteiger charge is 2.14. The zero-order chi connectivity index (χ0) is 18.4. The lowest BCUT2D eigenvalue weighted by Gasteiger charge is -2.09. The number of carbonyl (C=O) groups excluding carboxylic acids is 1. The maximum atomic E-state index is 12.6. The van der Waals surface area contributed by atoms with E-state index in [1.807, 2.05) is 31.2 Å². The number of nitrogens with one attached hydrogen (secondary N) is 3. The van der Waals surface area contributed by atoms with Crippen LogP contribution in [0.2, 0.25) is 0 Å². The highest BCUT2D eigenvalue weighted by atomic mass is 32.1. The number of hydrogen-bond donors (Lipinski definition) is 3. The summed E-state index contributed by atoms with van der Waals surface area (Å²) in [5.41, 5.74) is 4.94. The van der Waals surface area contributed by atoms with E-state index in [1.54, 1.807) is 17.8 Å². The lowest BCUT2D eigenvalue weighted by Crippen LogP contribution is -2.12. The highest BCUT2D eigenvalue weighted by molar-refractivity contribution is 7.09. The molecule has 3 heterocycles. The number of benzene rings is 2. The van der Waals surface area contributed by atoms with Gasteiger partial charge in [0.2, 0.25) is 0 Å². The van der Waals surface area contributed by atoms with Gasteiger partial charge in [-0.25, -0.2) is 4.98 Å². The van der Waals surface area contributed by atoms with Crippen LogP contribution in [-0.2, 0) is 0 Å². The van der Waals surface area contributed by atoms with Crippen molar-refractivity contribution < 1.29 is 4.79 Å². The molecule has 5 rings (SSSR count). The lowest BCUT2D eigenvalue weighted by molar-refractivity contribution is 0.102. The molecule has 0 bridgehead atoms. The van der Waals surface area contributed by atoms with Crippen LogP contribution >= 0.6 is 11.3 Å². The van der Waals surface area contributed by atoms with Crippen molar-refractivity contribution in [3.63, 3.8) is 0 Å². The van der Waals surface area contributed by atoms with Crippen LogP contribution in [0.25, 0.3) is 32.9 Å². The third kappa shape index (κ3) is 2.76. The number of hydrogen-bond acceptors (Lipinski definition) is 5. The molecule has 0 aliphatic heterocycles. The minimum Gasteiger partial charge on any atom is -0.320 e. The number of aryl methyl sites for hydroxylation is 1. The van der Waals surface area contributed by atoms with Gasteiger partial charge in [0.25, 0.3) is 5.91 Å².